The van der Waals surface area contributed by atoms with Crippen LogP contribution in [0.2, 0.25) is 0 Å². The van der Waals surface area contributed by atoms with Gasteiger partial charge >= 0.3 is 0 Å². The van der Waals surface area contributed by atoms with Crippen molar-refractivity contribution in [2.24, 2.45) is 0 Å². The maximum atomic E-state index is 5.66. The van der Waals surface area contributed by atoms with Gasteiger partial charge in [0.1, 0.15) is 0 Å². The van der Waals surface area contributed by atoms with Crippen molar-refractivity contribution in [3.8, 4) is 21.5 Å². The molecule has 6 nitrogen and oxygen atoms in total. The Morgan fingerprint density at radius 2 is 1.87 bits per heavy atom. The number of nitrogens with zero attached hydrogens (tertiary/aromatic N) is 4. The smallest absolute Gasteiger partial charge is 0.277 e. The molecule has 4 aromatic rings. The Balaban J connectivity index is 1.49. The van der Waals surface area contributed by atoms with Gasteiger partial charge in [0.25, 0.3) is 11.1 Å². The van der Waals surface area contributed by atoms with Crippen molar-refractivity contribution in [2.75, 3.05) is 0 Å². The van der Waals surface area contributed by atoms with E-state index in [1.54, 1.807) is 22.7 Å². The van der Waals surface area contributed by atoms with Crippen LogP contribution in [-0.2, 0) is 0 Å². The molecule has 4 heterocycles. The van der Waals surface area contributed by atoms with E-state index in [-0.39, 0.29) is 5.25 Å². The molecular formula is C14H10N4O2S3. The molecule has 0 N–H and O–H groups in total. The van der Waals surface area contributed by atoms with Gasteiger partial charge in [-0.3, -0.25) is 0 Å². The molecule has 0 radical (unpaired) electrons. The molecule has 0 bridgehead atoms. The van der Waals surface area contributed by atoms with E-state index >= 15 is 0 Å². The minimum atomic E-state index is -0.0761. The SMILES string of the molecule is CC(Sc1nnc(-c2cccs2)o1)c1nc(-c2cccs2)no1. The minimum Gasteiger partial charge on any atom is -0.410 e. The molecule has 0 aliphatic carbocycles. The summed E-state index contributed by atoms with van der Waals surface area (Å²) in [5.41, 5.74) is 0. The minimum absolute atomic E-state index is 0.0761. The summed E-state index contributed by atoms with van der Waals surface area (Å²) in [7, 11) is 0. The van der Waals surface area contributed by atoms with Gasteiger partial charge in [0.05, 0.1) is 15.0 Å². The second kappa shape index (κ2) is 6.26. The van der Waals surface area contributed by atoms with Gasteiger partial charge in [-0.1, -0.05) is 29.1 Å². The zero-order chi connectivity index (χ0) is 15.6. The van der Waals surface area contributed by atoms with Crippen LogP contribution >= 0.6 is 34.4 Å². The molecule has 116 valence electrons. The molecule has 0 amide bonds. The first kappa shape index (κ1) is 14.6. The summed E-state index contributed by atoms with van der Waals surface area (Å²) in [6.45, 7) is 1.96. The summed E-state index contributed by atoms with van der Waals surface area (Å²) in [5.74, 6) is 1.67. The third kappa shape index (κ3) is 3.07. The third-order valence-electron chi connectivity index (χ3n) is 2.95. The molecule has 0 aliphatic rings. The molecule has 1 unspecified atom stereocenters. The molecule has 0 saturated carbocycles. The Bertz CT molecular complexity index is 883. The zero-order valence-corrected chi connectivity index (χ0v) is 14.3. The molecule has 0 aliphatic heterocycles. The lowest BCUT2D eigenvalue weighted by molar-refractivity contribution is 0.379. The maximum Gasteiger partial charge on any atom is 0.277 e. The number of thioether (sulfide) groups is 1. The van der Waals surface area contributed by atoms with Crippen LogP contribution in [0.4, 0.5) is 0 Å². The number of thiophene rings is 2. The van der Waals surface area contributed by atoms with Crippen molar-refractivity contribution >= 4 is 34.4 Å². The third-order valence-corrected chi connectivity index (χ3v) is 5.59. The summed E-state index contributed by atoms with van der Waals surface area (Å²) in [5, 5.41) is 16.5. The Morgan fingerprint density at radius 3 is 2.61 bits per heavy atom. The largest absolute Gasteiger partial charge is 0.410 e. The van der Waals surface area contributed by atoms with E-state index in [0.717, 1.165) is 9.75 Å². The van der Waals surface area contributed by atoms with Crippen LogP contribution in [0.3, 0.4) is 0 Å². The fourth-order valence-corrected chi connectivity index (χ4v) is 3.87. The van der Waals surface area contributed by atoms with E-state index in [0.29, 0.717) is 22.8 Å². The Labute approximate surface area is 143 Å². The molecule has 4 aromatic heterocycles. The average molecular weight is 362 g/mol. The summed E-state index contributed by atoms with van der Waals surface area (Å²) < 4.78 is 11.0. The fourth-order valence-electron chi connectivity index (χ4n) is 1.87. The molecule has 0 spiro atoms. The highest BCUT2D eigenvalue weighted by atomic mass is 32.2. The second-order valence-corrected chi connectivity index (χ2v) is 7.73. The van der Waals surface area contributed by atoms with Crippen molar-refractivity contribution in [3.63, 3.8) is 0 Å². The highest BCUT2D eigenvalue weighted by Crippen LogP contribution is 2.36. The van der Waals surface area contributed by atoms with Crippen LogP contribution in [0.25, 0.3) is 21.5 Å². The maximum absolute atomic E-state index is 5.66. The van der Waals surface area contributed by atoms with Crippen molar-refractivity contribution in [1.82, 2.24) is 20.3 Å². The second-order valence-electron chi connectivity index (χ2n) is 4.54. The molecule has 4 rings (SSSR count). The lowest BCUT2D eigenvalue weighted by Gasteiger charge is -2.00. The number of hydrogen-bond donors (Lipinski definition) is 0. The van der Waals surface area contributed by atoms with E-state index in [1.807, 2.05) is 41.9 Å². The Hall–Kier alpha value is -1.97. The van der Waals surface area contributed by atoms with Crippen LogP contribution in [0.1, 0.15) is 18.1 Å². The highest BCUT2D eigenvalue weighted by molar-refractivity contribution is 7.99. The van der Waals surface area contributed by atoms with E-state index in [2.05, 4.69) is 20.3 Å². The lowest BCUT2D eigenvalue weighted by atomic mass is 10.4. The standard InChI is InChI=1S/C14H10N4O2S3/c1-8(12-15-11(18-20-12)9-4-2-6-21-9)23-14-17-16-13(19-14)10-5-3-7-22-10/h2-8H,1H3. The van der Waals surface area contributed by atoms with E-state index in [4.69, 9.17) is 8.94 Å². The van der Waals surface area contributed by atoms with Gasteiger partial charge in [0.15, 0.2) is 0 Å². The number of rotatable bonds is 5. The zero-order valence-electron chi connectivity index (χ0n) is 11.9. The summed E-state index contributed by atoms with van der Waals surface area (Å²) in [4.78, 5) is 6.36. The van der Waals surface area contributed by atoms with Crippen LogP contribution in [0.5, 0.6) is 0 Å². The molecule has 23 heavy (non-hydrogen) atoms. The van der Waals surface area contributed by atoms with Gasteiger partial charge in [-0.2, -0.15) is 4.98 Å². The van der Waals surface area contributed by atoms with Crippen molar-refractivity contribution in [3.05, 3.63) is 40.9 Å². The monoisotopic (exact) mass is 362 g/mol. The highest BCUT2D eigenvalue weighted by Gasteiger charge is 2.20. The summed E-state index contributed by atoms with van der Waals surface area (Å²) >= 11 is 4.53. The van der Waals surface area contributed by atoms with Gasteiger partial charge in [-0.05, 0) is 29.8 Å². The van der Waals surface area contributed by atoms with E-state index in [1.165, 1.54) is 11.8 Å². The predicted molar refractivity (Wildman–Crippen MR) is 89.5 cm³/mol. The van der Waals surface area contributed by atoms with Crippen LogP contribution in [-0.4, -0.2) is 20.3 Å². The first-order valence-electron chi connectivity index (χ1n) is 6.71. The van der Waals surface area contributed by atoms with Gasteiger partial charge in [0.2, 0.25) is 11.7 Å². The van der Waals surface area contributed by atoms with Gasteiger partial charge in [-0.15, -0.1) is 32.9 Å². The average Bonchev–Trinajstić information content (AvgIpc) is 3.30. The predicted octanol–water partition coefficient (Wildman–Crippen LogP) is 4.76. The molecule has 0 aromatic carbocycles. The van der Waals surface area contributed by atoms with Gasteiger partial charge in [-0.25, -0.2) is 0 Å². The fraction of sp³-hybridized carbons (Fsp3) is 0.143. The lowest BCUT2D eigenvalue weighted by Crippen LogP contribution is -1.88. The topological polar surface area (TPSA) is 77.8 Å². The van der Waals surface area contributed by atoms with Crippen molar-refractivity contribution < 1.29 is 8.94 Å². The molecule has 0 fully saturated rings. The van der Waals surface area contributed by atoms with Gasteiger partial charge in [0, 0.05) is 0 Å². The molecule has 0 saturated heterocycles. The summed E-state index contributed by atoms with van der Waals surface area (Å²) in [6.07, 6.45) is 0. The Kier molecular flexibility index (Phi) is 3.98. The quantitative estimate of drug-likeness (QED) is 0.473. The van der Waals surface area contributed by atoms with Crippen LogP contribution in [0.15, 0.2) is 49.2 Å². The number of aromatic nitrogens is 4. The molecule has 1 atom stereocenters. The number of hydrogen-bond acceptors (Lipinski definition) is 9. The first-order chi connectivity index (χ1) is 11.3. The first-order valence-corrected chi connectivity index (χ1v) is 9.35. The van der Waals surface area contributed by atoms with Crippen molar-refractivity contribution in [1.29, 1.82) is 0 Å². The molecular weight excluding hydrogens is 352 g/mol. The summed E-state index contributed by atoms with van der Waals surface area (Å²) in [6, 6.07) is 7.81. The van der Waals surface area contributed by atoms with E-state index < -0.39 is 0 Å². The Morgan fingerprint density at radius 1 is 1.09 bits per heavy atom. The van der Waals surface area contributed by atoms with Gasteiger partial charge < -0.3 is 8.94 Å². The van der Waals surface area contributed by atoms with Crippen LogP contribution < -0.4 is 0 Å². The van der Waals surface area contributed by atoms with Crippen LogP contribution in [0, 0.1) is 0 Å². The molecule has 9 heteroatoms. The normalized spacial score (nSPS) is 12.6. The van der Waals surface area contributed by atoms with Crippen molar-refractivity contribution in [2.45, 2.75) is 17.4 Å². The van der Waals surface area contributed by atoms with E-state index in [9.17, 15) is 0 Å².